The number of ketones is 1. The third kappa shape index (κ3) is 2.95. The first-order valence-corrected chi connectivity index (χ1v) is 7.36. The van der Waals surface area contributed by atoms with E-state index < -0.39 is 0 Å². The van der Waals surface area contributed by atoms with Crippen LogP contribution in [-0.4, -0.2) is 10.8 Å². The van der Waals surface area contributed by atoms with E-state index in [1.165, 1.54) is 0 Å². The van der Waals surface area contributed by atoms with E-state index in [2.05, 4.69) is 20.9 Å². The molecule has 104 valence electrons. The van der Waals surface area contributed by atoms with Gasteiger partial charge in [-0.15, -0.1) is 0 Å². The van der Waals surface area contributed by atoms with Gasteiger partial charge in [-0.05, 0) is 30.3 Å². The lowest BCUT2D eigenvalue weighted by atomic mass is 10.0. The van der Waals surface area contributed by atoms with Gasteiger partial charge < -0.3 is 5.73 Å². The van der Waals surface area contributed by atoms with Gasteiger partial charge in [0.2, 0.25) is 0 Å². The van der Waals surface area contributed by atoms with Crippen molar-refractivity contribution in [2.75, 3.05) is 5.73 Å². The van der Waals surface area contributed by atoms with Crippen molar-refractivity contribution in [1.82, 2.24) is 4.98 Å². The summed E-state index contributed by atoms with van der Waals surface area (Å²) in [5.41, 5.74) is 8.56. The van der Waals surface area contributed by atoms with Gasteiger partial charge in [0.25, 0.3) is 0 Å². The number of carbonyl (C=O) groups excluding carboxylic acids is 1. The zero-order chi connectivity index (χ0) is 14.8. The number of nitrogen functional groups attached to an aromatic ring is 1. The monoisotopic (exact) mass is 340 g/mol. The van der Waals surface area contributed by atoms with Crippen molar-refractivity contribution in [2.24, 2.45) is 0 Å². The Morgan fingerprint density at radius 1 is 1.10 bits per heavy atom. The highest BCUT2D eigenvalue weighted by molar-refractivity contribution is 9.10. The molecule has 1 heterocycles. The summed E-state index contributed by atoms with van der Waals surface area (Å²) in [6.07, 6.45) is 0.247. The summed E-state index contributed by atoms with van der Waals surface area (Å²) in [6, 6.07) is 17.0. The van der Waals surface area contributed by atoms with Crippen LogP contribution in [0.25, 0.3) is 10.9 Å². The number of anilines is 1. The Morgan fingerprint density at radius 3 is 2.71 bits per heavy atom. The zero-order valence-electron chi connectivity index (χ0n) is 11.2. The number of carbonyl (C=O) groups is 1. The van der Waals surface area contributed by atoms with Crippen molar-refractivity contribution in [3.05, 3.63) is 70.3 Å². The number of fused-ring (bicyclic) bond motifs is 1. The summed E-state index contributed by atoms with van der Waals surface area (Å²) in [4.78, 5) is 16.9. The van der Waals surface area contributed by atoms with Crippen LogP contribution < -0.4 is 5.73 Å². The third-order valence-electron chi connectivity index (χ3n) is 3.31. The normalized spacial score (nSPS) is 10.7. The summed E-state index contributed by atoms with van der Waals surface area (Å²) in [5, 5.41) is 1.07. The van der Waals surface area contributed by atoms with E-state index in [4.69, 9.17) is 5.73 Å². The van der Waals surface area contributed by atoms with Gasteiger partial charge >= 0.3 is 0 Å². The van der Waals surface area contributed by atoms with Crippen LogP contribution in [-0.2, 0) is 6.42 Å². The number of Topliss-reactive ketones (excluding diaryl/α,β-unsaturated/α-hetero) is 1. The van der Waals surface area contributed by atoms with Crippen LogP contribution in [0.2, 0.25) is 0 Å². The van der Waals surface area contributed by atoms with Crippen molar-refractivity contribution in [3.63, 3.8) is 0 Å². The highest BCUT2D eigenvalue weighted by Gasteiger charge is 2.12. The van der Waals surface area contributed by atoms with Crippen molar-refractivity contribution < 1.29 is 4.79 Å². The lowest BCUT2D eigenvalue weighted by molar-refractivity contribution is 0.0993. The topological polar surface area (TPSA) is 56.0 Å². The SMILES string of the molecule is Nc1cc(Br)ccc1C(=O)Cc1ccc2ccccc2n1. The van der Waals surface area contributed by atoms with Gasteiger partial charge in [0.15, 0.2) is 5.78 Å². The smallest absolute Gasteiger partial charge is 0.170 e. The average Bonchev–Trinajstić information content (AvgIpc) is 2.47. The molecule has 0 saturated heterocycles. The number of para-hydroxylation sites is 1. The molecule has 0 aliphatic rings. The summed E-state index contributed by atoms with van der Waals surface area (Å²) in [7, 11) is 0. The number of hydrogen-bond acceptors (Lipinski definition) is 3. The first kappa shape index (κ1) is 13.8. The number of halogens is 1. The van der Waals surface area contributed by atoms with Crippen molar-refractivity contribution in [1.29, 1.82) is 0 Å². The lowest BCUT2D eigenvalue weighted by Crippen LogP contribution is -2.08. The van der Waals surface area contributed by atoms with E-state index in [9.17, 15) is 4.79 Å². The molecule has 0 aliphatic carbocycles. The van der Waals surface area contributed by atoms with Gasteiger partial charge in [0.1, 0.15) is 0 Å². The van der Waals surface area contributed by atoms with E-state index in [0.717, 1.165) is 21.1 Å². The fourth-order valence-corrected chi connectivity index (χ4v) is 2.63. The lowest BCUT2D eigenvalue weighted by Gasteiger charge is -2.06. The van der Waals surface area contributed by atoms with Gasteiger partial charge in [-0.3, -0.25) is 9.78 Å². The van der Waals surface area contributed by atoms with Crippen molar-refractivity contribution in [3.8, 4) is 0 Å². The molecule has 4 heteroatoms. The third-order valence-corrected chi connectivity index (χ3v) is 3.81. The maximum Gasteiger partial charge on any atom is 0.170 e. The molecule has 0 fully saturated rings. The molecule has 3 nitrogen and oxygen atoms in total. The van der Waals surface area contributed by atoms with Gasteiger partial charge in [0, 0.05) is 26.8 Å². The Bertz CT molecular complexity index is 830. The molecular formula is C17H13BrN2O. The summed E-state index contributed by atoms with van der Waals surface area (Å²) < 4.78 is 0.861. The molecule has 0 saturated carbocycles. The fraction of sp³-hybridized carbons (Fsp3) is 0.0588. The second-order valence-corrected chi connectivity index (χ2v) is 5.74. The minimum Gasteiger partial charge on any atom is -0.398 e. The maximum atomic E-state index is 12.3. The molecule has 0 atom stereocenters. The summed E-state index contributed by atoms with van der Waals surface area (Å²) in [6.45, 7) is 0. The van der Waals surface area contributed by atoms with Crippen LogP contribution in [0.4, 0.5) is 5.69 Å². The van der Waals surface area contributed by atoms with Crippen molar-refractivity contribution in [2.45, 2.75) is 6.42 Å². The molecule has 0 radical (unpaired) electrons. The summed E-state index contributed by atoms with van der Waals surface area (Å²) >= 11 is 3.34. The number of pyridine rings is 1. The van der Waals surface area contributed by atoms with Crippen LogP contribution in [0.1, 0.15) is 16.1 Å². The molecule has 0 spiro atoms. The fourth-order valence-electron chi connectivity index (χ4n) is 2.25. The molecule has 0 bridgehead atoms. The van der Waals surface area contributed by atoms with Crippen LogP contribution in [0, 0.1) is 0 Å². The minimum atomic E-state index is -0.0252. The van der Waals surface area contributed by atoms with E-state index in [-0.39, 0.29) is 12.2 Å². The molecule has 1 aromatic heterocycles. The Morgan fingerprint density at radius 2 is 1.90 bits per heavy atom. The van der Waals surface area contributed by atoms with Crippen molar-refractivity contribution >= 4 is 38.3 Å². The Hall–Kier alpha value is -2.20. The molecule has 0 unspecified atom stereocenters. The second kappa shape index (κ2) is 5.66. The van der Waals surface area contributed by atoms with Crippen LogP contribution in [0.15, 0.2) is 59.1 Å². The van der Waals surface area contributed by atoms with Gasteiger partial charge in [-0.25, -0.2) is 0 Å². The van der Waals surface area contributed by atoms with E-state index in [0.29, 0.717) is 11.3 Å². The number of rotatable bonds is 3. The quantitative estimate of drug-likeness (QED) is 0.579. The number of nitrogens with two attached hydrogens (primary N) is 1. The molecule has 0 aliphatic heterocycles. The average molecular weight is 341 g/mol. The first-order valence-electron chi connectivity index (χ1n) is 6.56. The highest BCUT2D eigenvalue weighted by Crippen LogP contribution is 2.20. The summed E-state index contributed by atoms with van der Waals surface area (Å²) in [5.74, 6) is -0.0252. The molecule has 2 aromatic carbocycles. The largest absolute Gasteiger partial charge is 0.398 e. The predicted molar refractivity (Wildman–Crippen MR) is 88.3 cm³/mol. The van der Waals surface area contributed by atoms with E-state index >= 15 is 0 Å². The molecular weight excluding hydrogens is 328 g/mol. The molecule has 0 amide bonds. The number of aromatic nitrogens is 1. The number of hydrogen-bond donors (Lipinski definition) is 1. The highest BCUT2D eigenvalue weighted by atomic mass is 79.9. The van der Waals surface area contributed by atoms with Crippen LogP contribution in [0.5, 0.6) is 0 Å². The molecule has 3 rings (SSSR count). The van der Waals surface area contributed by atoms with Crippen LogP contribution >= 0.6 is 15.9 Å². The van der Waals surface area contributed by atoms with Gasteiger partial charge in [-0.1, -0.05) is 40.2 Å². The predicted octanol–water partition coefficient (Wildman–Crippen LogP) is 4.00. The van der Waals surface area contributed by atoms with E-state index in [1.54, 1.807) is 12.1 Å². The first-order chi connectivity index (χ1) is 10.1. The Labute approximate surface area is 130 Å². The number of nitrogens with zero attached hydrogens (tertiary/aromatic N) is 1. The number of benzene rings is 2. The standard InChI is InChI=1S/C17H13BrN2O/c18-12-6-8-14(15(19)9-12)17(21)10-13-7-5-11-3-1-2-4-16(11)20-13/h1-9H,10,19H2. The van der Waals surface area contributed by atoms with E-state index in [1.807, 2.05) is 42.5 Å². The van der Waals surface area contributed by atoms with Gasteiger partial charge in [-0.2, -0.15) is 0 Å². The molecule has 2 N–H and O–H groups in total. The van der Waals surface area contributed by atoms with Crippen LogP contribution in [0.3, 0.4) is 0 Å². The molecule has 21 heavy (non-hydrogen) atoms. The molecule has 3 aromatic rings. The zero-order valence-corrected chi connectivity index (χ0v) is 12.8. The Balaban J connectivity index is 1.89. The Kier molecular flexibility index (Phi) is 3.71. The minimum absolute atomic E-state index is 0.0252. The second-order valence-electron chi connectivity index (χ2n) is 4.83. The van der Waals surface area contributed by atoms with Gasteiger partial charge in [0.05, 0.1) is 11.9 Å². The maximum absolute atomic E-state index is 12.3.